The van der Waals surface area contributed by atoms with Crippen LogP contribution in [-0.2, 0) is 6.42 Å². The number of thiocarbonyl (C=S) groups is 1. The zero-order valence-corrected chi connectivity index (χ0v) is 14.4. The van der Waals surface area contributed by atoms with E-state index in [4.69, 9.17) is 0 Å². The Morgan fingerprint density at radius 3 is 2.36 bits per heavy atom. The van der Waals surface area contributed by atoms with Crippen molar-refractivity contribution in [3.05, 3.63) is 58.7 Å². The molecule has 0 N–H and O–H groups in total. The van der Waals surface area contributed by atoms with E-state index in [-0.39, 0.29) is 22.5 Å². The van der Waals surface area contributed by atoms with Crippen LogP contribution in [0.15, 0.2) is 29.4 Å². The monoisotopic (exact) mass is 360 g/mol. The van der Waals surface area contributed by atoms with Gasteiger partial charge in [0.2, 0.25) is 0 Å². The molecule has 0 radical (unpaired) electrons. The topological polar surface area (TPSA) is 25.2 Å². The molecule has 0 saturated carbocycles. The predicted octanol–water partition coefficient (Wildman–Crippen LogP) is 5.37. The van der Waals surface area contributed by atoms with Gasteiger partial charge in [0.25, 0.3) is 0 Å². The fourth-order valence-corrected chi connectivity index (χ4v) is 2.34. The zero-order valence-electron chi connectivity index (χ0n) is 13.6. The molecule has 0 fully saturated rings. The first kappa shape index (κ1) is 18.9. The molecule has 6 heteroatoms. The van der Waals surface area contributed by atoms with Crippen LogP contribution in [0, 0.1) is 29.3 Å². The van der Waals surface area contributed by atoms with E-state index < -0.39 is 17.5 Å². The molecule has 2 nitrogen and oxygen atoms in total. The molecule has 128 valence electrons. The van der Waals surface area contributed by atoms with E-state index in [0.29, 0.717) is 6.42 Å². The van der Waals surface area contributed by atoms with Crippen molar-refractivity contribution in [2.45, 2.75) is 32.6 Å². The first-order chi connectivity index (χ1) is 12.0. The van der Waals surface area contributed by atoms with E-state index in [1.54, 1.807) is 0 Å². The van der Waals surface area contributed by atoms with Gasteiger partial charge in [-0.25, -0.2) is 18.2 Å². The summed E-state index contributed by atoms with van der Waals surface area (Å²) in [6.07, 6.45) is 4.23. The number of unbranched alkanes of at least 4 members (excludes halogenated alkanes) is 2. The van der Waals surface area contributed by atoms with Crippen LogP contribution in [0.1, 0.15) is 43.0 Å². The Morgan fingerprint density at radius 1 is 1.04 bits per heavy atom. The third-order valence-electron chi connectivity index (χ3n) is 3.50. The van der Waals surface area contributed by atoms with Crippen molar-refractivity contribution >= 4 is 23.1 Å². The predicted molar refractivity (Wildman–Crippen MR) is 94.4 cm³/mol. The summed E-state index contributed by atoms with van der Waals surface area (Å²) in [5.74, 6) is 3.02. The second kappa shape index (κ2) is 9.12. The van der Waals surface area contributed by atoms with Gasteiger partial charge >= 0.3 is 0 Å². The van der Waals surface area contributed by atoms with E-state index in [2.05, 4.69) is 39.2 Å². The van der Waals surface area contributed by atoms with Crippen LogP contribution in [0.2, 0.25) is 0 Å². The molecule has 2 aromatic rings. The molecule has 0 unspecified atom stereocenters. The maximum absolute atomic E-state index is 14.1. The zero-order chi connectivity index (χ0) is 18.2. The minimum Gasteiger partial charge on any atom is -0.242 e. The molecule has 0 spiro atoms. The minimum absolute atomic E-state index is 0.0608. The Morgan fingerprint density at radius 2 is 1.76 bits per heavy atom. The van der Waals surface area contributed by atoms with Crippen molar-refractivity contribution in [2.24, 2.45) is 4.99 Å². The van der Waals surface area contributed by atoms with Crippen molar-refractivity contribution in [1.29, 1.82) is 0 Å². The highest BCUT2D eigenvalue weighted by atomic mass is 32.1. The van der Waals surface area contributed by atoms with Gasteiger partial charge in [-0.3, -0.25) is 0 Å². The molecule has 1 aromatic heterocycles. The number of benzene rings is 1. The van der Waals surface area contributed by atoms with E-state index in [1.165, 1.54) is 6.20 Å². The molecule has 0 atom stereocenters. The standard InChI is InChI=1S/C19H15F3N2S/c1-2-3-4-5-15-16(20)8-13(9-17(15)21)6-7-19-18(22)10-14(11-23-19)24-12-25/h8-11H,2-5H2,1H3. The molecular weight excluding hydrogens is 345 g/mol. The van der Waals surface area contributed by atoms with Gasteiger partial charge in [-0.05, 0) is 43.1 Å². The number of nitrogens with zero attached hydrogens (tertiary/aromatic N) is 2. The van der Waals surface area contributed by atoms with Crippen LogP contribution < -0.4 is 0 Å². The van der Waals surface area contributed by atoms with Crippen molar-refractivity contribution in [3.8, 4) is 11.8 Å². The quantitative estimate of drug-likeness (QED) is 0.310. The van der Waals surface area contributed by atoms with E-state index in [1.807, 2.05) is 6.92 Å². The van der Waals surface area contributed by atoms with Gasteiger partial charge in [-0.1, -0.05) is 25.7 Å². The third kappa shape index (κ3) is 5.25. The fraction of sp³-hybridized carbons (Fsp3) is 0.263. The summed E-state index contributed by atoms with van der Waals surface area (Å²) in [7, 11) is 0. The minimum atomic E-state index is -0.698. The van der Waals surface area contributed by atoms with Gasteiger partial charge < -0.3 is 0 Å². The summed E-state index contributed by atoms with van der Waals surface area (Å²) in [6, 6.07) is 3.41. The number of aromatic nitrogens is 1. The van der Waals surface area contributed by atoms with Crippen LogP contribution in [0.4, 0.5) is 18.9 Å². The Balaban J connectivity index is 2.24. The summed E-state index contributed by atoms with van der Waals surface area (Å²) >= 11 is 4.43. The second-order valence-electron chi connectivity index (χ2n) is 5.35. The molecule has 2 rings (SSSR count). The van der Waals surface area contributed by atoms with Crippen molar-refractivity contribution in [2.75, 3.05) is 0 Å². The van der Waals surface area contributed by atoms with E-state index in [9.17, 15) is 13.2 Å². The lowest BCUT2D eigenvalue weighted by molar-refractivity contribution is 0.545. The van der Waals surface area contributed by atoms with Crippen LogP contribution >= 0.6 is 12.2 Å². The van der Waals surface area contributed by atoms with Gasteiger partial charge in [0.1, 0.15) is 17.3 Å². The molecule has 0 aliphatic heterocycles. The number of hydrogen-bond donors (Lipinski definition) is 0. The van der Waals surface area contributed by atoms with Crippen LogP contribution in [0.25, 0.3) is 0 Å². The SMILES string of the molecule is CCCCCc1c(F)cc(C#Cc2ncc(N=C=S)cc2F)cc1F. The summed E-state index contributed by atoms with van der Waals surface area (Å²) in [4.78, 5) is 7.41. The Hall–Kier alpha value is -2.48. The molecule has 0 aliphatic rings. The molecule has 1 aromatic carbocycles. The Bertz CT molecular complexity index is 855. The van der Waals surface area contributed by atoms with Crippen LogP contribution in [0.3, 0.4) is 0 Å². The molecule has 25 heavy (non-hydrogen) atoms. The number of aliphatic imine (C=N–C) groups is 1. The van der Waals surface area contributed by atoms with E-state index >= 15 is 0 Å². The normalized spacial score (nSPS) is 9.92. The highest BCUT2D eigenvalue weighted by Gasteiger charge is 2.10. The van der Waals surface area contributed by atoms with Crippen LogP contribution in [-0.4, -0.2) is 10.1 Å². The Labute approximate surface area is 149 Å². The van der Waals surface area contributed by atoms with Crippen molar-refractivity contribution in [3.63, 3.8) is 0 Å². The average molecular weight is 360 g/mol. The van der Waals surface area contributed by atoms with E-state index in [0.717, 1.165) is 37.5 Å². The molecular formula is C19H15F3N2S. The smallest absolute Gasteiger partial charge is 0.159 e. The number of hydrogen-bond acceptors (Lipinski definition) is 3. The summed E-state index contributed by atoms with van der Waals surface area (Å²) in [5.41, 5.74) is 0.254. The van der Waals surface area contributed by atoms with Gasteiger partial charge in [-0.15, -0.1) is 0 Å². The highest BCUT2D eigenvalue weighted by Crippen LogP contribution is 2.18. The summed E-state index contributed by atoms with van der Waals surface area (Å²) in [5, 5.41) is 2.11. The molecule has 0 amide bonds. The number of pyridine rings is 1. The van der Waals surface area contributed by atoms with Crippen molar-refractivity contribution in [1.82, 2.24) is 4.98 Å². The fourth-order valence-electron chi connectivity index (χ4n) is 2.23. The molecule has 0 aliphatic carbocycles. The average Bonchev–Trinajstić information content (AvgIpc) is 2.57. The first-order valence-corrected chi connectivity index (χ1v) is 8.19. The van der Waals surface area contributed by atoms with Gasteiger partial charge in [-0.2, -0.15) is 4.99 Å². The largest absolute Gasteiger partial charge is 0.242 e. The van der Waals surface area contributed by atoms with Gasteiger partial charge in [0.05, 0.1) is 17.0 Å². The van der Waals surface area contributed by atoms with Crippen LogP contribution in [0.5, 0.6) is 0 Å². The first-order valence-electron chi connectivity index (χ1n) is 7.78. The lowest BCUT2D eigenvalue weighted by Gasteiger charge is -2.05. The third-order valence-corrected chi connectivity index (χ3v) is 3.59. The summed E-state index contributed by atoms with van der Waals surface area (Å²) < 4.78 is 41.9. The highest BCUT2D eigenvalue weighted by molar-refractivity contribution is 7.78. The molecule has 0 bridgehead atoms. The maximum Gasteiger partial charge on any atom is 0.159 e. The summed E-state index contributed by atoms with van der Waals surface area (Å²) in [6.45, 7) is 2.02. The van der Waals surface area contributed by atoms with Gasteiger partial charge in [0, 0.05) is 17.2 Å². The molecule has 0 saturated heterocycles. The maximum atomic E-state index is 14.1. The number of rotatable bonds is 5. The molecule has 1 heterocycles. The Kier molecular flexibility index (Phi) is 6.88. The lowest BCUT2D eigenvalue weighted by Crippen LogP contribution is -1.97. The second-order valence-corrected chi connectivity index (χ2v) is 5.54. The van der Waals surface area contributed by atoms with Crippen molar-refractivity contribution < 1.29 is 13.2 Å². The van der Waals surface area contributed by atoms with Gasteiger partial charge in [0.15, 0.2) is 5.82 Å². The lowest BCUT2D eigenvalue weighted by atomic mass is 10.0. The number of isothiocyanates is 1. The number of halogens is 3.